The average molecular weight is 468 g/mol. The highest BCUT2D eigenvalue weighted by Gasteiger charge is 2.23. The van der Waals surface area contributed by atoms with Crippen molar-refractivity contribution in [1.82, 2.24) is 14.5 Å². The molecule has 2 aromatic rings. The summed E-state index contributed by atoms with van der Waals surface area (Å²) in [6, 6.07) is 6.73. The van der Waals surface area contributed by atoms with Crippen molar-refractivity contribution in [3.05, 3.63) is 62.3 Å². The van der Waals surface area contributed by atoms with Gasteiger partial charge in [0.2, 0.25) is 0 Å². The second-order valence-corrected chi connectivity index (χ2v) is 8.26. The van der Waals surface area contributed by atoms with Crippen LogP contribution in [0, 0.1) is 11.8 Å². The first-order chi connectivity index (χ1) is 16.2. The van der Waals surface area contributed by atoms with Crippen LogP contribution in [-0.2, 0) is 17.9 Å². The molecule has 1 saturated heterocycles. The van der Waals surface area contributed by atoms with E-state index in [4.69, 9.17) is 10.8 Å². The van der Waals surface area contributed by atoms with E-state index >= 15 is 0 Å². The third-order valence-corrected chi connectivity index (χ3v) is 5.76. The van der Waals surface area contributed by atoms with Crippen molar-refractivity contribution in [2.45, 2.75) is 51.9 Å². The highest BCUT2D eigenvalue weighted by atomic mass is 16.4. The first kappa shape index (κ1) is 24.8. The maximum absolute atomic E-state index is 13.4. The van der Waals surface area contributed by atoms with Crippen LogP contribution in [0.25, 0.3) is 0 Å². The van der Waals surface area contributed by atoms with Crippen molar-refractivity contribution in [3.63, 3.8) is 0 Å². The number of carbonyl (C=O) groups excluding carboxylic acids is 1. The van der Waals surface area contributed by atoms with Gasteiger partial charge in [0.1, 0.15) is 11.9 Å². The first-order valence-corrected chi connectivity index (χ1v) is 11.1. The summed E-state index contributed by atoms with van der Waals surface area (Å²) in [6.07, 6.45) is 1.74. The van der Waals surface area contributed by atoms with Gasteiger partial charge in [0.15, 0.2) is 0 Å². The standard InChI is InChI=1S/C24H29N5O5/c1-3-4-12-28-20(27-11-7-9-18(25)15-27)13-21(30)29(24(28)34)14-17-8-5-6-10-19(17)22(31)26-16(2)23(32)33/h5-6,8,10,13,16,18H,7,9,11-12,14-15,25H2,1-2H3,(H,26,31)(H,32,33)/t16?,18-/m1/s1. The van der Waals surface area contributed by atoms with Crippen LogP contribution in [0.1, 0.15) is 42.6 Å². The monoisotopic (exact) mass is 467 g/mol. The molecule has 0 saturated carbocycles. The molecule has 0 bridgehead atoms. The molecule has 2 heterocycles. The fourth-order valence-electron chi connectivity index (χ4n) is 3.92. The molecule has 180 valence electrons. The number of amides is 1. The molecule has 34 heavy (non-hydrogen) atoms. The number of aromatic nitrogens is 2. The number of piperidine rings is 1. The van der Waals surface area contributed by atoms with Crippen molar-refractivity contribution in [2.24, 2.45) is 5.73 Å². The summed E-state index contributed by atoms with van der Waals surface area (Å²) in [6.45, 7) is 4.20. The lowest BCUT2D eigenvalue weighted by Gasteiger charge is -2.33. The number of nitrogens with zero attached hydrogens (tertiary/aromatic N) is 3. The third-order valence-electron chi connectivity index (χ3n) is 5.76. The predicted molar refractivity (Wildman–Crippen MR) is 128 cm³/mol. The number of carbonyl (C=O) groups is 2. The molecule has 10 heteroatoms. The summed E-state index contributed by atoms with van der Waals surface area (Å²) in [5.74, 6) is 4.37. The van der Waals surface area contributed by atoms with Crippen LogP contribution in [0.5, 0.6) is 0 Å². The number of hydrogen-bond donors (Lipinski definition) is 3. The SMILES string of the molecule is CC#CCn1c(N2CCC[C@@H](N)C2)cc(=O)n(Cc2ccccc2C(=O)NC(C)C(=O)O)c1=O. The number of nitrogens with one attached hydrogen (secondary N) is 1. The van der Waals surface area contributed by atoms with Crippen molar-refractivity contribution in [2.75, 3.05) is 18.0 Å². The Labute approximate surface area is 197 Å². The third kappa shape index (κ3) is 5.55. The Kier molecular flexibility index (Phi) is 7.91. The van der Waals surface area contributed by atoms with Crippen molar-refractivity contribution in [1.29, 1.82) is 0 Å². The van der Waals surface area contributed by atoms with Gasteiger partial charge < -0.3 is 21.1 Å². The molecule has 1 unspecified atom stereocenters. The minimum absolute atomic E-state index is 0.0458. The summed E-state index contributed by atoms with van der Waals surface area (Å²) < 4.78 is 2.50. The highest BCUT2D eigenvalue weighted by molar-refractivity contribution is 5.97. The lowest BCUT2D eigenvalue weighted by atomic mass is 10.1. The van der Waals surface area contributed by atoms with Gasteiger partial charge in [-0.25, -0.2) is 4.79 Å². The number of hydrogen-bond acceptors (Lipinski definition) is 6. The van der Waals surface area contributed by atoms with E-state index in [0.717, 1.165) is 17.4 Å². The van der Waals surface area contributed by atoms with E-state index in [1.165, 1.54) is 23.6 Å². The number of anilines is 1. The maximum atomic E-state index is 13.4. The molecular weight excluding hydrogens is 438 g/mol. The van der Waals surface area contributed by atoms with E-state index < -0.39 is 29.2 Å². The fraction of sp³-hybridized carbons (Fsp3) is 0.417. The average Bonchev–Trinajstić information content (AvgIpc) is 2.81. The minimum Gasteiger partial charge on any atom is -0.480 e. The van der Waals surface area contributed by atoms with Crippen LogP contribution in [0.3, 0.4) is 0 Å². The van der Waals surface area contributed by atoms with Gasteiger partial charge in [0, 0.05) is 30.8 Å². The molecule has 1 fully saturated rings. The van der Waals surface area contributed by atoms with E-state index in [1.807, 2.05) is 4.90 Å². The zero-order valence-corrected chi connectivity index (χ0v) is 19.3. The van der Waals surface area contributed by atoms with Crippen LogP contribution in [0.4, 0.5) is 5.82 Å². The largest absolute Gasteiger partial charge is 0.480 e. The summed E-state index contributed by atoms with van der Waals surface area (Å²) >= 11 is 0. The van der Waals surface area contributed by atoms with Gasteiger partial charge in [-0.15, -0.1) is 5.92 Å². The number of carboxylic acid groups (broad SMARTS) is 1. The Morgan fingerprint density at radius 2 is 2.00 bits per heavy atom. The number of aliphatic carboxylic acids is 1. The summed E-state index contributed by atoms with van der Waals surface area (Å²) in [4.78, 5) is 52.2. The van der Waals surface area contributed by atoms with Gasteiger partial charge in [-0.3, -0.25) is 23.5 Å². The van der Waals surface area contributed by atoms with E-state index in [1.54, 1.807) is 25.1 Å². The Bertz CT molecular complexity index is 1250. The van der Waals surface area contributed by atoms with Crippen molar-refractivity contribution >= 4 is 17.7 Å². The number of carboxylic acids is 1. The second kappa shape index (κ2) is 10.9. The molecule has 1 aliphatic heterocycles. The number of nitrogens with two attached hydrogens (primary N) is 1. The van der Waals surface area contributed by atoms with Crippen LogP contribution in [0.2, 0.25) is 0 Å². The molecule has 2 atom stereocenters. The summed E-state index contributed by atoms with van der Waals surface area (Å²) in [5, 5.41) is 11.5. The summed E-state index contributed by atoms with van der Waals surface area (Å²) in [5.41, 5.74) is 5.66. The number of benzene rings is 1. The van der Waals surface area contributed by atoms with E-state index in [-0.39, 0.29) is 24.7 Å². The molecule has 1 aromatic heterocycles. The Morgan fingerprint density at radius 1 is 1.26 bits per heavy atom. The topological polar surface area (TPSA) is 140 Å². The lowest BCUT2D eigenvalue weighted by Crippen LogP contribution is -2.48. The molecule has 1 aliphatic rings. The molecule has 1 amide bonds. The predicted octanol–water partition coefficient (Wildman–Crippen LogP) is 0.212. The van der Waals surface area contributed by atoms with Crippen LogP contribution < -0.4 is 27.2 Å². The molecule has 0 aliphatic carbocycles. The van der Waals surface area contributed by atoms with Gasteiger partial charge in [-0.05, 0) is 38.3 Å². The van der Waals surface area contributed by atoms with Crippen LogP contribution >= 0.6 is 0 Å². The second-order valence-electron chi connectivity index (χ2n) is 8.26. The first-order valence-electron chi connectivity index (χ1n) is 11.1. The van der Waals surface area contributed by atoms with E-state index in [9.17, 15) is 19.2 Å². The summed E-state index contributed by atoms with van der Waals surface area (Å²) in [7, 11) is 0. The fourth-order valence-corrected chi connectivity index (χ4v) is 3.92. The maximum Gasteiger partial charge on any atom is 0.333 e. The Morgan fingerprint density at radius 3 is 2.68 bits per heavy atom. The Balaban J connectivity index is 2.02. The molecule has 1 aromatic carbocycles. The molecule has 0 spiro atoms. The minimum atomic E-state index is -1.17. The normalized spacial score (nSPS) is 16.3. The van der Waals surface area contributed by atoms with Crippen molar-refractivity contribution < 1.29 is 14.7 Å². The van der Waals surface area contributed by atoms with Crippen molar-refractivity contribution in [3.8, 4) is 11.8 Å². The number of rotatable bonds is 7. The Hall–Kier alpha value is -3.84. The van der Waals surface area contributed by atoms with Gasteiger partial charge in [0.05, 0.1) is 13.1 Å². The van der Waals surface area contributed by atoms with Gasteiger partial charge in [-0.2, -0.15) is 0 Å². The van der Waals surface area contributed by atoms with Gasteiger partial charge >= 0.3 is 11.7 Å². The van der Waals surface area contributed by atoms with E-state index in [0.29, 0.717) is 24.5 Å². The molecule has 10 nitrogen and oxygen atoms in total. The van der Waals surface area contributed by atoms with Gasteiger partial charge in [-0.1, -0.05) is 24.1 Å². The quantitative estimate of drug-likeness (QED) is 0.495. The van der Waals surface area contributed by atoms with E-state index in [2.05, 4.69) is 17.2 Å². The molecular formula is C24H29N5O5. The highest BCUT2D eigenvalue weighted by Crippen LogP contribution is 2.17. The van der Waals surface area contributed by atoms with Gasteiger partial charge in [0.25, 0.3) is 11.5 Å². The lowest BCUT2D eigenvalue weighted by molar-refractivity contribution is -0.138. The van der Waals surface area contributed by atoms with Crippen LogP contribution in [-0.4, -0.2) is 51.3 Å². The smallest absolute Gasteiger partial charge is 0.333 e. The van der Waals surface area contributed by atoms with Crippen LogP contribution in [0.15, 0.2) is 39.9 Å². The molecule has 0 radical (unpaired) electrons. The molecule has 3 rings (SSSR count). The zero-order valence-electron chi connectivity index (χ0n) is 19.3. The molecule has 4 N–H and O–H groups in total. The zero-order chi connectivity index (χ0) is 24.8.